The van der Waals surface area contributed by atoms with Crippen molar-refractivity contribution in [2.24, 2.45) is 10.2 Å². The number of allylic oxidation sites excluding steroid dienone is 4. The van der Waals surface area contributed by atoms with Crippen molar-refractivity contribution in [3.8, 4) is 5.75 Å². The summed E-state index contributed by atoms with van der Waals surface area (Å²) in [6.45, 7) is 2.19. The van der Waals surface area contributed by atoms with E-state index >= 15 is 0 Å². The second-order valence-corrected chi connectivity index (χ2v) is 8.61. The lowest BCUT2D eigenvalue weighted by Crippen LogP contribution is -1.89. The van der Waals surface area contributed by atoms with Gasteiger partial charge in [-0.05, 0) is 74.4 Å². The van der Waals surface area contributed by atoms with Crippen molar-refractivity contribution in [1.82, 2.24) is 0 Å². The van der Waals surface area contributed by atoms with Gasteiger partial charge < -0.3 is 5.11 Å². The van der Waals surface area contributed by atoms with E-state index in [2.05, 4.69) is 41.5 Å². The molecule has 1 N–H and O–H groups in total. The standard InChI is InChI=1S/C27H34ClN3O3/c1-2-3-4-5-6-7-8-9-10-11-12-13-14-15-22-20-24(32)17-19-25(22)29-30-26-18-16-23(28)21-27(26)31(33)34/h4-5,7-8,16-21,32H,2-3,6,9-15H2,1H3/b5-4+,8-7+,30-29?. The molecule has 0 atom stereocenters. The minimum Gasteiger partial charge on any atom is -0.508 e. The first-order valence-corrected chi connectivity index (χ1v) is 12.4. The van der Waals surface area contributed by atoms with Crippen LogP contribution in [0.4, 0.5) is 17.1 Å². The maximum atomic E-state index is 11.3. The molecule has 0 saturated carbocycles. The Morgan fingerprint density at radius 2 is 1.59 bits per heavy atom. The SMILES string of the molecule is CCC/C=C/C/C=C/CCCCCCCc1cc(O)ccc1N=Nc1ccc(Cl)cc1[N+](=O)[O-]. The first-order chi connectivity index (χ1) is 16.5. The average Bonchev–Trinajstić information content (AvgIpc) is 2.82. The molecule has 0 aliphatic carbocycles. The molecule has 0 heterocycles. The summed E-state index contributed by atoms with van der Waals surface area (Å²) in [5.41, 5.74) is 1.42. The molecule has 0 amide bonds. The molecule has 6 nitrogen and oxygen atoms in total. The quantitative estimate of drug-likeness (QED) is 0.0898. The van der Waals surface area contributed by atoms with Crippen LogP contribution in [-0.4, -0.2) is 10.0 Å². The van der Waals surface area contributed by atoms with Crippen LogP contribution in [0.5, 0.6) is 5.75 Å². The number of aromatic hydroxyl groups is 1. The van der Waals surface area contributed by atoms with Crippen molar-refractivity contribution in [1.29, 1.82) is 0 Å². The molecule has 34 heavy (non-hydrogen) atoms. The van der Waals surface area contributed by atoms with Gasteiger partial charge in [0.25, 0.3) is 5.69 Å². The van der Waals surface area contributed by atoms with Crippen molar-refractivity contribution in [2.75, 3.05) is 0 Å². The Kier molecular flexibility index (Phi) is 12.6. The Morgan fingerprint density at radius 1 is 0.912 bits per heavy atom. The fourth-order valence-corrected chi connectivity index (χ4v) is 3.65. The summed E-state index contributed by atoms with van der Waals surface area (Å²) < 4.78 is 0. The van der Waals surface area contributed by atoms with Gasteiger partial charge in [-0.2, -0.15) is 5.11 Å². The van der Waals surface area contributed by atoms with Crippen molar-refractivity contribution < 1.29 is 10.0 Å². The normalized spacial score (nSPS) is 11.8. The maximum absolute atomic E-state index is 11.3. The molecular formula is C27H34ClN3O3. The molecule has 0 spiro atoms. The van der Waals surface area contributed by atoms with Crippen molar-refractivity contribution in [2.45, 2.75) is 71.1 Å². The highest BCUT2D eigenvalue weighted by molar-refractivity contribution is 6.30. The highest BCUT2D eigenvalue weighted by Crippen LogP contribution is 2.33. The van der Waals surface area contributed by atoms with Crippen LogP contribution in [0.25, 0.3) is 0 Å². The molecule has 0 aromatic heterocycles. The molecule has 7 heteroatoms. The van der Waals surface area contributed by atoms with Crippen LogP contribution in [0.1, 0.15) is 70.3 Å². The third kappa shape index (κ3) is 10.3. The van der Waals surface area contributed by atoms with Gasteiger partial charge in [-0.3, -0.25) is 10.1 Å². The van der Waals surface area contributed by atoms with E-state index in [1.54, 1.807) is 24.3 Å². The van der Waals surface area contributed by atoms with E-state index in [1.165, 1.54) is 31.4 Å². The van der Waals surface area contributed by atoms with Crippen LogP contribution in [0, 0.1) is 10.1 Å². The van der Waals surface area contributed by atoms with Gasteiger partial charge in [-0.25, -0.2) is 0 Å². The van der Waals surface area contributed by atoms with Gasteiger partial charge in [0.1, 0.15) is 5.75 Å². The molecule has 182 valence electrons. The van der Waals surface area contributed by atoms with Gasteiger partial charge in [0.15, 0.2) is 5.69 Å². The summed E-state index contributed by atoms with van der Waals surface area (Å²) in [5, 5.41) is 29.7. The minimum absolute atomic E-state index is 0.138. The molecule has 0 unspecified atom stereocenters. The number of unbranched alkanes of at least 4 members (excludes halogenated alkanes) is 6. The van der Waals surface area contributed by atoms with Gasteiger partial charge in [0, 0.05) is 11.1 Å². The summed E-state index contributed by atoms with van der Waals surface area (Å²) in [4.78, 5) is 10.7. The van der Waals surface area contributed by atoms with E-state index in [-0.39, 0.29) is 22.1 Å². The number of phenols is 1. The van der Waals surface area contributed by atoms with Gasteiger partial charge >= 0.3 is 0 Å². The lowest BCUT2D eigenvalue weighted by Gasteiger charge is -2.06. The second-order valence-electron chi connectivity index (χ2n) is 8.18. The average molecular weight is 484 g/mol. The number of nitro groups is 1. The van der Waals surface area contributed by atoms with E-state index in [4.69, 9.17) is 11.6 Å². The third-order valence-corrected chi connectivity index (χ3v) is 5.58. The molecule has 0 saturated heterocycles. The van der Waals surface area contributed by atoms with E-state index in [9.17, 15) is 15.2 Å². The first kappa shape index (κ1) is 27.3. The monoisotopic (exact) mass is 483 g/mol. The molecule has 0 bridgehead atoms. The van der Waals surface area contributed by atoms with Crippen LogP contribution < -0.4 is 0 Å². The highest BCUT2D eigenvalue weighted by Gasteiger charge is 2.14. The number of halogens is 1. The first-order valence-electron chi connectivity index (χ1n) is 12.0. The molecule has 0 aliphatic rings. The molecule has 2 rings (SSSR count). The minimum atomic E-state index is -0.529. The van der Waals surface area contributed by atoms with Crippen molar-refractivity contribution >= 4 is 28.7 Å². The zero-order valence-electron chi connectivity index (χ0n) is 19.8. The summed E-state index contributed by atoms with van der Waals surface area (Å²) in [7, 11) is 0. The van der Waals surface area contributed by atoms with Gasteiger partial charge in [0.05, 0.1) is 10.6 Å². The highest BCUT2D eigenvalue weighted by atomic mass is 35.5. The Bertz CT molecular complexity index is 1000. The molecule has 0 aliphatic heterocycles. The number of phenolic OH excluding ortho intramolecular Hbond substituents is 1. The van der Waals surface area contributed by atoms with E-state index < -0.39 is 4.92 Å². The topological polar surface area (TPSA) is 88.1 Å². The Hall–Kier alpha value is -2.99. The molecular weight excluding hydrogens is 450 g/mol. The Labute approximate surface area is 207 Å². The lowest BCUT2D eigenvalue weighted by atomic mass is 10.0. The second kappa shape index (κ2) is 15.8. The predicted molar refractivity (Wildman–Crippen MR) is 140 cm³/mol. The van der Waals surface area contributed by atoms with Crippen molar-refractivity contribution in [3.63, 3.8) is 0 Å². The van der Waals surface area contributed by atoms with Gasteiger partial charge in [-0.15, -0.1) is 5.11 Å². The number of nitro benzene ring substituents is 1. The Balaban J connectivity index is 1.80. The molecule has 0 fully saturated rings. The van der Waals surface area contributed by atoms with Crippen LogP contribution in [-0.2, 0) is 6.42 Å². The number of rotatable bonds is 15. The summed E-state index contributed by atoms with van der Waals surface area (Å²) in [5.74, 6) is 0.169. The fourth-order valence-electron chi connectivity index (χ4n) is 3.49. The zero-order chi connectivity index (χ0) is 24.6. The molecule has 2 aromatic carbocycles. The fraction of sp³-hybridized carbons (Fsp3) is 0.407. The molecule has 0 radical (unpaired) electrons. The Morgan fingerprint density at radius 3 is 2.35 bits per heavy atom. The number of hydrogen-bond acceptors (Lipinski definition) is 5. The van der Waals surface area contributed by atoms with Crippen LogP contribution in [0.15, 0.2) is 70.9 Å². The third-order valence-electron chi connectivity index (χ3n) is 5.34. The van der Waals surface area contributed by atoms with Crippen LogP contribution in [0.3, 0.4) is 0 Å². The smallest absolute Gasteiger partial charge is 0.298 e. The van der Waals surface area contributed by atoms with Crippen molar-refractivity contribution in [3.05, 3.63) is 81.4 Å². The number of benzene rings is 2. The number of hydrogen-bond donors (Lipinski definition) is 1. The maximum Gasteiger partial charge on any atom is 0.298 e. The predicted octanol–water partition coefficient (Wildman–Crippen LogP) is 9.55. The van der Waals surface area contributed by atoms with E-state index in [0.29, 0.717) is 5.69 Å². The summed E-state index contributed by atoms with van der Waals surface area (Å²) in [6.07, 6.45) is 19.9. The summed E-state index contributed by atoms with van der Waals surface area (Å²) >= 11 is 5.86. The lowest BCUT2D eigenvalue weighted by molar-refractivity contribution is -0.384. The van der Waals surface area contributed by atoms with Crippen LogP contribution in [0.2, 0.25) is 5.02 Å². The number of azo groups is 1. The van der Waals surface area contributed by atoms with Gasteiger partial charge in [-0.1, -0.05) is 68.5 Å². The van der Waals surface area contributed by atoms with E-state index in [0.717, 1.165) is 50.5 Å². The number of nitrogens with zero attached hydrogens (tertiary/aromatic N) is 3. The largest absolute Gasteiger partial charge is 0.508 e. The zero-order valence-corrected chi connectivity index (χ0v) is 20.6. The molecule has 2 aromatic rings. The number of aryl methyl sites for hydroxylation is 1. The van der Waals surface area contributed by atoms with E-state index in [1.807, 2.05) is 0 Å². The summed E-state index contributed by atoms with van der Waals surface area (Å²) in [6, 6.07) is 9.18. The van der Waals surface area contributed by atoms with Crippen LogP contribution >= 0.6 is 11.6 Å². The van der Waals surface area contributed by atoms with Gasteiger partial charge in [0.2, 0.25) is 0 Å².